The average Bonchev–Trinajstić information content (AvgIpc) is 2.84. The second kappa shape index (κ2) is 6.09. The van der Waals surface area contributed by atoms with Gasteiger partial charge in [-0.1, -0.05) is 81.0 Å². The Morgan fingerprint density at radius 2 is 1.54 bits per heavy atom. The van der Waals surface area contributed by atoms with Gasteiger partial charge in [-0.3, -0.25) is 0 Å². The van der Waals surface area contributed by atoms with Gasteiger partial charge in [0.15, 0.2) is 0 Å². The first-order valence-corrected chi connectivity index (χ1v) is 8.91. The summed E-state index contributed by atoms with van der Waals surface area (Å²) in [5.74, 6) is 0.346. The van der Waals surface area contributed by atoms with E-state index >= 15 is 0 Å². The van der Waals surface area contributed by atoms with Crippen LogP contribution in [0.2, 0.25) is 0 Å². The summed E-state index contributed by atoms with van der Waals surface area (Å²) in [7, 11) is 0. The van der Waals surface area contributed by atoms with Crippen molar-refractivity contribution in [3.8, 4) is 11.1 Å². The average molecular weight is 316 g/mol. The molecule has 0 saturated carbocycles. The lowest BCUT2D eigenvalue weighted by atomic mass is 9.82. The summed E-state index contributed by atoms with van der Waals surface area (Å²) in [5, 5.41) is 0. The Balaban J connectivity index is 2.28. The molecule has 1 aliphatic rings. The highest BCUT2D eigenvalue weighted by molar-refractivity contribution is 5.81. The Morgan fingerprint density at radius 1 is 0.917 bits per heavy atom. The zero-order valence-corrected chi connectivity index (χ0v) is 15.8. The molecule has 0 N–H and O–H groups in total. The fraction of sp³-hybridized carbons (Fsp3) is 0.333. The SMILES string of the molecule is C/C=C\C(=C/C)C1c2cc(C)ccc2-c2ccc(C(C)(C)C)cc21. The Kier molecular flexibility index (Phi) is 4.25. The van der Waals surface area contributed by atoms with Crippen LogP contribution in [0, 0.1) is 6.92 Å². The number of fused-ring (bicyclic) bond motifs is 3. The summed E-state index contributed by atoms with van der Waals surface area (Å²) in [6.07, 6.45) is 6.67. The molecule has 1 aliphatic carbocycles. The molecule has 24 heavy (non-hydrogen) atoms. The maximum absolute atomic E-state index is 2.43. The van der Waals surface area contributed by atoms with Crippen molar-refractivity contribution >= 4 is 0 Å². The van der Waals surface area contributed by atoms with Crippen LogP contribution >= 0.6 is 0 Å². The van der Waals surface area contributed by atoms with Crippen molar-refractivity contribution in [2.24, 2.45) is 0 Å². The molecule has 2 aromatic carbocycles. The summed E-state index contributed by atoms with van der Waals surface area (Å²) < 4.78 is 0. The number of hydrogen-bond donors (Lipinski definition) is 0. The van der Waals surface area contributed by atoms with Crippen molar-refractivity contribution in [2.45, 2.75) is 52.9 Å². The molecule has 0 aromatic heterocycles. The van der Waals surface area contributed by atoms with Crippen LogP contribution in [0.15, 0.2) is 60.2 Å². The largest absolute Gasteiger partial charge is 0.0874 e. The van der Waals surface area contributed by atoms with Gasteiger partial charge < -0.3 is 0 Å². The highest BCUT2D eigenvalue weighted by Crippen LogP contribution is 2.49. The Hall–Kier alpha value is -2.08. The van der Waals surface area contributed by atoms with Gasteiger partial charge >= 0.3 is 0 Å². The highest BCUT2D eigenvalue weighted by atomic mass is 14.3. The quantitative estimate of drug-likeness (QED) is 0.527. The highest BCUT2D eigenvalue weighted by Gasteiger charge is 2.31. The number of benzene rings is 2. The smallest absolute Gasteiger partial charge is 0.0349 e. The summed E-state index contributed by atoms with van der Waals surface area (Å²) >= 11 is 0. The van der Waals surface area contributed by atoms with Gasteiger partial charge in [0.2, 0.25) is 0 Å². The summed E-state index contributed by atoms with van der Waals surface area (Å²) in [4.78, 5) is 0. The molecule has 0 spiro atoms. The van der Waals surface area contributed by atoms with E-state index in [9.17, 15) is 0 Å². The third kappa shape index (κ3) is 2.75. The molecule has 1 unspecified atom stereocenters. The van der Waals surface area contributed by atoms with Gasteiger partial charge in [0.05, 0.1) is 0 Å². The van der Waals surface area contributed by atoms with Crippen LogP contribution in [0.4, 0.5) is 0 Å². The van der Waals surface area contributed by atoms with E-state index in [0.717, 1.165) is 0 Å². The number of rotatable bonds is 2. The molecule has 0 nitrogen and oxygen atoms in total. The van der Waals surface area contributed by atoms with Crippen molar-refractivity contribution < 1.29 is 0 Å². The van der Waals surface area contributed by atoms with Crippen LogP contribution in [0.3, 0.4) is 0 Å². The first kappa shape index (κ1) is 16.8. The van der Waals surface area contributed by atoms with E-state index in [1.807, 2.05) is 0 Å². The molecule has 0 aliphatic heterocycles. The number of hydrogen-bond acceptors (Lipinski definition) is 0. The van der Waals surface area contributed by atoms with Gasteiger partial charge in [0.25, 0.3) is 0 Å². The van der Waals surface area contributed by atoms with E-state index in [4.69, 9.17) is 0 Å². The van der Waals surface area contributed by atoms with Gasteiger partial charge in [0.1, 0.15) is 0 Å². The molecule has 2 aromatic rings. The predicted molar refractivity (Wildman–Crippen MR) is 106 cm³/mol. The van der Waals surface area contributed by atoms with E-state index < -0.39 is 0 Å². The van der Waals surface area contributed by atoms with Crippen LogP contribution in [0.5, 0.6) is 0 Å². The standard InChI is InChI=1S/C24H28/c1-7-9-17(8-2)23-21-14-16(3)10-12-19(21)20-13-11-18(15-22(20)23)24(4,5)6/h7-15,23H,1-6H3/b9-7-,17-8+. The van der Waals surface area contributed by atoms with Crippen molar-refractivity contribution in [1.82, 2.24) is 0 Å². The second-order valence-corrected chi connectivity index (χ2v) is 7.86. The third-order valence-corrected chi connectivity index (χ3v) is 5.06. The molecule has 0 radical (unpaired) electrons. The van der Waals surface area contributed by atoms with Gasteiger partial charge in [-0.2, -0.15) is 0 Å². The number of aryl methyl sites for hydroxylation is 1. The summed E-state index contributed by atoms with van der Waals surface area (Å²) in [6, 6.07) is 14.0. The minimum atomic E-state index is 0.168. The van der Waals surface area contributed by atoms with Crippen LogP contribution in [-0.2, 0) is 5.41 Å². The van der Waals surface area contributed by atoms with Crippen LogP contribution in [0.25, 0.3) is 11.1 Å². The molecule has 0 heteroatoms. The first-order valence-electron chi connectivity index (χ1n) is 8.91. The van der Waals surface area contributed by atoms with Gasteiger partial charge in [-0.15, -0.1) is 0 Å². The normalized spacial score (nSPS) is 17.2. The van der Waals surface area contributed by atoms with Crippen molar-refractivity contribution in [2.75, 3.05) is 0 Å². The van der Waals surface area contributed by atoms with Crippen molar-refractivity contribution in [1.29, 1.82) is 0 Å². The van der Waals surface area contributed by atoms with Gasteiger partial charge in [-0.25, -0.2) is 0 Å². The molecule has 0 amide bonds. The monoisotopic (exact) mass is 316 g/mol. The first-order chi connectivity index (χ1) is 11.4. The lowest BCUT2D eigenvalue weighted by Gasteiger charge is -2.22. The lowest BCUT2D eigenvalue weighted by molar-refractivity contribution is 0.589. The minimum absolute atomic E-state index is 0.168. The molecule has 0 fully saturated rings. The molecule has 3 rings (SSSR count). The van der Waals surface area contributed by atoms with E-state index in [2.05, 4.69) is 96.2 Å². The maximum Gasteiger partial charge on any atom is 0.0349 e. The van der Waals surface area contributed by atoms with Crippen molar-refractivity contribution in [3.05, 3.63) is 82.5 Å². The van der Waals surface area contributed by atoms with Gasteiger partial charge in [0, 0.05) is 5.92 Å². The molecule has 0 heterocycles. The van der Waals surface area contributed by atoms with E-state index in [-0.39, 0.29) is 5.41 Å². The second-order valence-electron chi connectivity index (χ2n) is 7.86. The maximum atomic E-state index is 2.43. The van der Waals surface area contributed by atoms with Crippen molar-refractivity contribution in [3.63, 3.8) is 0 Å². The molecule has 1 atom stereocenters. The molecule has 124 valence electrons. The Labute approximate surface area is 146 Å². The van der Waals surface area contributed by atoms with Gasteiger partial charge in [-0.05, 0) is 59.6 Å². The van der Waals surface area contributed by atoms with Crippen LogP contribution in [0.1, 0.15) is 62.8 Å². The summed E-state index contributed by atoms with van der Waals surface area (Å²) in [5.41, 5.74) is 9.98. The molecule has 0 bridgehead atoms. The molecule has 0 saturated heterocycles. The summed E-state index contributed by atoms with van der Waals surface area (Å²) in [6.45, 7) is 13.3. The van der Waals surface area contributed by atoms with Crippen LogP contribution in [-0.4, -0.2) is 0 Å². The zero-order valence-electron chi connectivity index (χ0n) is 15.8. The lowest BCUT2D eigenvalue weighted by Crippen LogP contribution is -2.12. The van der Waals surface area contributed by atoms with Crippen LogP contribution < -0.4 is 0 Å². The predicted octanol–water partition coefficient (Wildman–Crippen LogP) is 6.93. The Bertz CT molecular complexity index is 826. The number of allylic oxidation sites excluding steroid dienone is 4. The zero-order chi connectivity index (χ0) is 17.5. The van der Waals surface area contributed by atoms with E-state index in [1.54, 1.807) is 0 Å². The minimum Gasteiger partial charge on any atom is -0.0874 e. The van der Waals surface area contributed by atoms with E-state index in [1.165, 1.54) is 39.0 Å². The topological polar surface area (TPSA) is 0 Å². The molecular weight excluding hydrogens is 288 g/mol. The Morgan fingerprint density at radius 3 is 2.12 bits per heavy atom. The fourth-order valence-corrected chi connectivity index (χ4v) is 3.76. The third-order valence-electron chi connectivity index (χ3n) is 5.06. The fourth-order valence-electron chi connectivity index (χ4n) is 3.76. The molecular formula is C24H28. The van der Waals surface area contributed by atoms with E-state index in [0.29, 0.717) is 5.92 Å².